The second-order valence-corrected chi connectivity index (χ2v) is 2.00. The highest BCUT2D eigenvalue weighted by Gasteiger charge is 1.87. The highest BCUT2D eigenvalue weighted by molar-refractivity contribution is 5.03. The van der Waals surface area contributed by atoms with Crippen LogP contribution in [0.25, 0.3) is 0 Å². The summed E-state index contributed by atoms with van der Waals surface area (Å²) in [5.41, 5.74) is 1.16. The Balaban J connectivity index is 2.23. The first-order valence-electron chi connectivity index (χ1n) is 3.20. The van der Waals surface area contributed by atoms with Crippen molar-refractivity contribution >= 4 is 0 Å². The standard InChI is InChI=1S/C8H10N2/c1-2-5-9-7-8-4-3-6-10-8/h1,3-4,6,9-10H,5,7H2. The summed E-state index contributed by atoms with van der Waals surface area (Å²) in [5.74, 6) is 2.51. The summed E-state index contributed by atoms with van der Waals surface area (Å²) < 4.78 is 0. The highest BCUT2D eigenvalue weighted by atomic mass is 14.9. The summed E-state index contributed by atoms with van der Waals surface area (Å²) in [7, 11) is 0. The predicted molar refractivity (Wildman–Crippen MR) is 41.3 cm³/mol. The average molecular weight is 134 g/mol. The van der Waals surface area contributed by atoms with Gasteiger partial charge in [-0.1, -0.05) is 5.92 Å². The van der Waals surface area contributed by atoms with Gasteiger partial charge in [0.1, 0.15) is 0 Å². The number of nitrogens with one attached hydrogen (secondary N) is 2. The molecule has 2 nitrogen and oxygen atoms in total. The van der Waals surface area contributed by atoms with Crippen molar-refractivity contribution in [3.8, 4) is 12.3 Å². The fourth-order valence-corrected chi connectivity index (χ4v) is 0.747. The molecule has 2 heteroatoms. The van der Waals surface area contributed by atoms with Crippen LogP contribution in [0.2, 0.25) is 0 Å². The molecule has 0 aliphatic rings. The van der Waals surface area contributed by atoms with Crippen molar-refractivity contribution in [3.05, 3.63) is 24.0 Å². The Morgan fingerprint density at radius 3 is 3.20 bits per heavy atom. The van der Waals surface area contributed by atoms with Crippen LogP contribution in [0, 0.1) is 12.3 Å². The fourth-order valence-electron chi connectivity index (χ4n) is 0.747. The minimum atomic E-state index is 0.624. The molecule has 0 atom stereocenters. The van der Waals surface area contributed by atoms with Crippen LogP contribution in [0.3, 0.4) is 0 Å². The van der Waals surface area contributed by atoms with E-state index in [-0.39, 0.29) is 0 Å². The van der Waals surface area contributed by atoms with Crippen LogP contribution in [-0.4, -0.2) is 11.5 Å². The quantitative estimate of drug-likeness (QED) is 0.463. The molecule has 0 spiro atoms. The number of hydrogen-bond acceptors (Lipinski definition) is 1. The van der Waals surface area contributed by atoms with Crippen LogP contribution in [0.15, 0.2) is 18.3 Å². The van der Waals surface area contributed by atoms with Gasteiger partial charge in [-0.25, -0.2) is 0 Å². The number of aromatic nitrogens is 1. The Labute approximate surface area is 60.6 Å². The van der Waals surface area contributed by atoms with Crippen molar-refractivity contribution in [2.24, 2.45) is 0 Å². The molecule has 0 radical (unpaired) electrons. The number of H-pyrrole nitrogens is 1. The van der Waals surface area contributed by atoms with Gasteiger partial charge in [0.2, 0.25) is 0 Å². The first kappa shape index (κ1) is 6.91. The smallest absolute Gasteiger partial charge is 0.0576 e. The molecule has 52 valence electrons. The SMILES string of the molecule is C#CCNCc1ccc[nH]1. The van der Waals surface area contributed by atoms with E-state index in [4.69, 9.17) is 6.42 Å². The van der Waals surface area contributed by atoms with E-state index in [0.717, 1.165) is 12.2 Å². The Morgan fingerprint density at radius 2 is 2.60 bits per heavy atom. The summed E-state index contributed by atoms with van der Waals surface area (Å²) in [4.78, 5) is 3.06. The molecule has 0 aromatic carbocycles. The molecule has 1 rings (SSSR count). The normalized spacial score (nSPS) is 9.10. The molecular weight excluding hydrogens is 124 g/mol. The molecule has 0 fully saturated rings. The van der Waals surface area contributed by atoms with Crippen LogP contribution < -0.4 is 5.32 Å². The third-order valence-electron chi connectivity index (χ3n) is 1.20. The molecule has 1 heterocycles. The second kappa shape index (κ2) is 3.76. The van der Waals surface area contributed by atoms with E-state index in [1.54, 1.807) is 0 Å². The number of terminal acetylenes is 1. The van der Waals surface area contributed by atoms with Crippen LogP contribution >= 0.6 is 0 Å². The van der Waals surface area contributed by atoms with E-state index < -0.39 is 0 Å². The third-order valence-corrected chi connectivity index (χ3v) is 1.20. The largest absolute Gasteiger partial charge is 0.364 e. The molecule has 2 N–H and O–H groups in total. The van der Waals surface area contributed by atoms with Crippen LogP contribution in [0.4, 0.5) is 0 Å². The predicted octanol–water partition coefficient (Wildman–Crippen LogP) is 0.738. The number of hydrogen-bond donors (Lipinski definition) is 2. The van der Waals surface area contributed by atoms with Gasteiger partial charge in [0.25, 0.3) is 0 Å². The Hall–Kier alpha value is -1.20. The maximum Gasteiger partial charge on any atom is 0.0576 e. The molecule has 0 aliphatic heterocycles. The first-order valence-corrected chi connectivity index (χ1v) is 3.20. The Bertz CT molecular complexity index is 206. The van der Waals surface area contributed by atoms with Crippen LogP contribution in [0.1, 0.15) is 5.69 Å². The highest BCUT2D eigenvalue weighted by Crippen LogP contribution is 1.91. The van der Waals surface area contributed by atoms with Gasteiger partial charge in [-0.2, -0.15) is 0 Å². The zero-order chi connectivity index (χ0) is 7.23. The second-order valence-electron chi connectivity index (χ2n) is 2.00. The lowest BCUT2D eigenvalue weighted by Gasteiger charge is -1.95. The topological polar surface area (TPSA) is 27.8 Å². The van der Waals surface area contributed by atoms with Gasteiger partial charge in [-0.05, 0) is 12.1 Å². The van der Waals surface area contributed by atoms with Gasteiger partial charge in [-0.15, -0.1) is 6.42 Å². The minimum Gasteiger partial charge on any atom is -0.364 e. The summed E-state index contributed by atoms with van der Waals surface area (Å²) >= 11 is 0. The van der Waals surface area contributed by atoms with E-state index >= 15 is 0 Å². The van der Waals surface area contributed by atoms with Gasteiger partial charge in [-0.3, -0.25) is 0 Å². The van der Waals surface area contributed by atoms with Gasteiger partial charge >= 0.3 is 0 Å². The van der Waals surface area contributed by atoms with Crippen LogP contribution in [-0.2, 0) is 6.54 Å². The molecule has 10 heavy (non-hydrogen) atoms. The molecular formula is C8H10N2. The van der Waals surface area contributed by atoms with Gasteiger partial charge in [0, 0.05) is 18.4 Å². The van der Waals surface area contributed by atoms with Crippen molar-refractivity contribution in [3.63, 3.8) is 0 Å². The lowest BCUT2D eigenvalue weighted by Crippen LogP contribution is -2.12. The molecule has 0 saturated heterocycles. The first-order chi connectivity index (χ1) is 4.93. The Morgan fingerprint density at radius 1 is 1.70 bits per heavy atom. The van der Waals surface area contributed by atoms with E-state index in [0.29, 0.717) is 6.54 Å². The monoisotopic (exact) mass is 134 g/mol. The molecule has 1 aromatic heterocycles. The van der Waals surface area contributed by atoms with Gasteiger partial charge in [0.15, 0.2) is 0 Å². The average Bonchev–Trinajstić information content (AvgIpc) is 2.41. The van der Waals surface area contributed by atoms with Gasteiger partial charge in [0.05, 0.1) is 6.54 Å². The zero-order valence-corrected chi connectivity index (χ0v) is 5.72. The molecule has 0 amide bonds. The summed E-state index contributed by atoms with van der Waals surface area (Å²) in [6, 6.07) is 3.98. The van der Waals surface area contributed by atoms with E-state index in [1.807, 2.05) is 18.3 Å². The zero-order valence-electron chi connectivity index (χ0n) is 5.72. The molecule has 1 aromatic rings. The maximum atomic E-state index is 5.05. The lowest BCUT2D eigenvalue weighted by molar-refractivity contribution is 0.754. The van der Waals surface area contributed by atoms with Crippen molar-refractivity contribution in [2.45, 2.75) is 6.54 Å². The lowest BCUT2D eigenvalue weighted by atomic mass is 10.4. The fraction of sp³-hybridized carbons (Fsp3) is 0.250. The summed E-state index contributed by atoms with van der Waals surface area (Å²) in [6.07, 6.45) is 6.94. The van der Waals surface area contributed by atoms with E-state index in [1.165, 1.54) is 0 Å². The molecule has 0 aliphatic carbocycles. The van der Waals surface area contributed by atoms with E-state index in [2.05, 4.69) is 16.2 Å². The summed E-state index contributed by atoms with van der Waals surface area (Å²) in [5, 5.41) is 3.07. The minimum absolute atomic E-state index is 0.624. The number of rotatable bonds is 3. The molecule has 0 unspecified atom stereocenters. The van der Waals surface area contributed by atoms with Gasteiger partial charge < -0.3 is 10.3 Å². The van der Waals surface area contributed by atoms with Crippen molar-refractivity contribution in [1.82, 2.24) is 10.3 Å². The van der Waals surface area contributed by atoms with Crippen molar-refractivity contribution < 1.29 is 0 Å². The Kier molecular flexibility index (Phi) is 2.60. The van der Waals surface area contributed by atoms with Crippen molar-refractivity contribution in [1.29, 1.82) is 0 Å². The van der Waals surface area contributed by atoms with E-state index in [9.17, 15) is 0 Å². The number of aromatic amines is 1. The van der Waals surface area contributed by atoms with Crippen LogP contribution in [0.5, 0.6) is 0 Å². The molecule has 0 bridgehead atoms. The summed E-state index contributed by atoms with van der Waals surface area (Å²) in [6.45, 7) is 1.44. The molecule has 0 saturated carbocycles. The third kappa shape index (κ3) is 1.96. The van der Waals surface area contributed by atoms with Crippen molar-refractivity contribution in [2.75, 3.05) is 6.54 Å². The maximum absolute atomic E-state index is 5.05.